The Hall–Kier alpha value is -0.860. The maximum absolute atomic E-state index is 3.54. The lowest BCUT2D eigenvalue weighted by Crippen LogP contribution is -2.37. The summed E-state index contributed by atoms with van der Waals surface area (Å²) in [5.74, 6) is 0. The summed E-state index contributed by atoms with van der Waals surface area (Å²) >= 11 is 0. The molecule has 0 bridgehead atoms. The highest BCUT2D eigenvalue weighted by Gasteiger charge is 2.11. The van der Waals surface area contributed by atoms with E-state index in [4.69, 9.17) is 0 Å². The lowest BCUT2D eigenvalue weighted by atomic mass is 10.1. The second-order valence-electron chi connectivity index (χ2n) is 6.73. The zero-order valence-electron chi connectivity index (χ0n) is 12.7. The topological polar surface area (TPSA) is 15.3 Å². The number of nitrogens with one attached hydrogen (secondary N) is 1. The van der Waals surface area contributed by atoms with Crippen LogP contribution in [0, 0.1) is 0 Å². The van der Waals surface area contributed by atoms with Crippen LogP contribution >= 0.6 is 0 Å². The van der Waals surface area contributed by atoms with Gasteiger partial charge in [0.1, 0.15) is 0 Å². The number of rotatable bonds is 5. The zero-order chi connectivity index (χ0) is 13.7. The van der Waals surface area contributed by atoms with Crippen molar-refractivity contribution in [2.45, 2.75) is 52.1 Å². The maximum atomic E-state index is 3.54. The minimum Gasteiger partial charge on any atom is -0.312 e. The summed E-state index contributed by atoms with van der Waals surface area (Å²) in [6, 6.07) is 9.17. The molecule has 0 atom stereocenters. The number of likely N-dealkylation sites (tertiary alicyclic amines) is 1. The molecule has 2 heteroatoms. The Morgan fingerprint density at radius 3 is 2.16 bits per heavy atom. The smallest absolute Gasteiger partial charge is 0.0233 e. The average Bonchev–Trinajstić information content (AvgIpc) is 2.83. The minimum atomic E-state index is 0.218. The number of hydrogen-bond acceptors (Lipinski definition) is 2. The van der Waals surface area contributed by atoms with Crippen molar-refractivity contribution in [1.82, 2.24) is 10.2 Å². The first kappa shape index (κ1) is 14.5. The molecule has 1 aliphatic heterocycles. The van der Waals surface area contributed by atoms with Crippen LogP contribution in [0.5, 0.6) is 0 Å². The standard InChI is InChI=1S/C17H28N2/c1-17(2,3)18-11-10-15-6-8-16(9-7-15)14-19-12-4-5-13-19/h6-9,18H,4-5,10-14H2,1-3H3. The van der Waals surface area contributed by atoms with Crippen molar-refractivity contribution in [2.75, 3.05) is 19.6 Å². The maximum Gasteiger partial charge on any atom is 0.0233 e. The Balaban J connectivity index is 1.77. The molecule has 1 aromatic carbocycles. The van der Waals surface area contributed by atoms with E-state index in [1.807, 2.05) is 0 Å². The zero-order valence-corrected chi connectivity index (χ0v) is 12.7. The molecule has 0 radical (unpaired) electrons. The van der Waals surface area contributed by atoms with Crippen molar-refractivity contribution >= 4 is 0 Å². The summed E-state index contributed by atoms with van der Waals surface area (Å²) in [6.45, 7) is 11.4. The van der Waals surface area contributed by atoms with E-state index >= 15 is 0 Å². The molecular weight excluding hydrogens is 232 g/mol. The van der Waals surface area contributed by atoms with Gasteiger partial charge in [0.25, 0.3) is 0 Å². The van der Waals surface area contributed by atoms with E-state index in [1.54, 1.807) is 0 Å². The van der Waals surface area contributed by atoms with Gasteiger partial charge >= 0.3 is 0 Å². The van der Waals surface area contributed by atoms with Crippen molar-refractivity contribution in [3.05, 3.63) is 35.4 Å². The lowest BCUT2D eigenvalue weighted by Gasteiger charge is -2.20. The molecule has 1 aliphatic rings. The fourth-order valence-electron chi connectivity index (χ4n) is 2.59. The molecule has 0 saturated carbocycles. The highest BCUT2D eigenvalue weighted by Crippen LogP contribution is 2.13. The molecule has 19 heavy (non-hydrogen) atoms. The van der Waals surface area contributed by atoms with Crippen molar-refractivity contribution in [3.63, 3.8) is 0 Å². The Labute approximate surface area is 118 Å². The molecule has 1 saturated heterocycles. The van der Waals surface area contributed by atoms with Gasteiger partial charge in [-0.15, -0.1) is 0 Å². The second-order valence-corrected chi connectivity index (χ2v) is 6.73. The molecule has 0 amide bonds. The SMILES string of the molecule is CC(C)(C)NCCc1ccc(CN2CCCC2)cc1. The predicted molar refractivity (Wildman–Crippen MR) is 82.4 cm³/mol. The van der Waals surface area contributed by atoms with Crippen LogP contribution in [0.4, 0.5) is 0 Å². The van der Waals surface area contributed by atoms with Gasteiger partial charge in [-0.3, -0.25) is 4.90 Å². The van der Waals surface area contributed by atoms with E-state index in [1.165, 1.54) is 37.1 Å². The van der Waals surface area contributed by atoms with Crippen LogP contribution < -0.4 is 5.32 Å². The Bertz CT molecular complexity index is 369. The third-order valence-corrected chi connectivity index (χ3v) is 3.70. The van der Waals surface area contributed by atoms with E-state index < -0.39 is 0 Å². The highest BCUT2D eigenvalue weighted by molar-refractivity contribution is 5.22. The first-order valence-corrected chi connectivity index (χ1v) is 7.58. The minimum absolute atomic E-state index is 0.218. The molecule has 0 aliphatic carbocycles. The fourth-order valence-corrected chi connectivity index (χ4v) is 2.59. The summed E-state index contributed by atoms with van der Waals surface area (Å²) in [5, 5.41) is 3.54. The van der Waals surface area contributed by atoms with Gasteiger partial charge in [-0.05, 0) is 70.8 Å². The van der Waals surface area contributed by atoms with Crippen LogP contribution in [0.3, 0.4) is 0 Å². The molecule has 1 heterocycles. The molecule has 0 aromatic heterocycles. The first-order chi connectivity index (χ1) is 9.03. The van der Waals surface area contributed by atoms with Crippen molar-refractivity contribution in [3.8, 4) is 0 Å². The Morgan fingerprint density at radius 1 is 1.00 bits per heavy atom. The van der Waals surface area contributed by atoms with Crippen LogP contribution in [-0.4, -0.2) is 30.1 Å². The van der Waals surface area contributed by atoms with Gasteiger partial charge in [-0.25, -0.2) is 0 Å². The molecule has 2 rings (SSSR count). The number of hydrogen-bond donors (Lipinski definition) is 1. The molecule has 1 fully saturated rings. The van der Waals surface area contributed by atoms with Crippen LogP contribution in [0.15, 0.2) is 24.3 Å². The van der Waals surface area contributed by atoms with Gasteiger partial charge in [-0.1, -0.05) is 24.3 Å². The van der Waals surface area contributed by atoms with E-state index in [0.717, 1.165) is 19.5 Å². The third-order valence-electron chi connectivity index (χ3n) is 3.70. The average molecular weight is 260 g/mol. The monoisotopic (exact) mass is 260 g/mol. The van der Waals surface area contributed by atoms with E-state index in [0.29, 0.717) is 0 Å². The largest absolute Gasteiger partial charge is 0.312 e. The van der Waals surface area contributed by atoms with Crippen LogP contribution in [0.2, 0.25) is 0 Å². The molecular formula is C17H28N2. The lowest BCUT2D eigenvalue weighted by molar-refractivity contribution is 0.331. The molecule has 0 spiro atoms. The fraction of sp³-hybridized carbons (Fsp3) is 0.647. The third kappa shape index (κ3) is 5.33. The van der Waals surface area contributed by atoms with Gasteiger partial charge in [-0.2, -0.15) is 0 Å². The molecule has 2 nitrogen and oxygen atoms in total. The van der Waals surface area contributed by atoms with Gasteiger partial charge in [0.15, 0.2) is 0 Å². The number of nitrogens with zero attached hydrogens (tertiary/aromatic N) is 1. The quantitative estimate of drug-likeness (QED) is 0.874. The van der Waals surface area contributed by atoms with Crippen molar-refractivity contribution < 1.29 is 0 Å². The summed E-state index contributed by atoms with van der Waals surface area (Å²) in [5.41, 5.74) is 3.10. The van der Waals surface area contributed by atoms with E-state index in [9.17, 15) is 0 Å². The predicted octanol–water partition coefficient (Wildman–Crippen LogP) is 3.21. The summed E-state index contributed by atoms with van der Waals surface area (Å²) in [6.07, 6.45) is 3.86. The van der Waals surface area contributed by atoms with Crippen LogP contribution in [-0.2, 0) is 13.0 Å². The van der Waals surface area contributed by atoms with E-state index in [-0.39, 0.29) is 5.54 Å². The summed E-state index contributed by atoms with van der Waals surface area (Å²) in [7, 11) is 0. The number of benzene rings is 1. The molecule has 1 aromatic rings. The van der Waals surface area contributed by atoms with E-state index in [2.05, 4.69) is 55.3 Å². The Kier molecular flexibility index (Phi) is 5.00. The molecule has 0 unspecified atom stereocenters. The van der Waals surface area contributed by atoms with Crippen LogP contribution in [0.25, 0.3) is 0 Å². The van der Waals surface area contributed by atoms with Gasteiger partial charge in [0.05, 0.1) is 0 Å². The van der Waals surface area contributed by atoms with Gasteiger partial charge < -0.3 is 5.32 Å². The Morgan fingerprint density at radius 2 is 1.58 bits per heavy atom. The second kappa shape index (κ2) is 6.53. The molecule has 1 N–H and O–H groups in total. The normalized spacial score (nSPS) is 17.0. The van der Waals surface area contributed by atoms with Gasteiger partial charge in [0.2, 0.25) is 0 Å². The van der Waals surface area contributed by atoms with Gasteiger partial charge in [0, 0.05) is 12.1 Å². The molecule has 106 valence electrons. The summed E-state index contributed by atoms with van der Waals surface area (Å²) in [4.78, 5) is 2.55. The summed E-state index contributed by atoms with van der Waals surface area (Å²) < 4.78 is 0. The van der Waals surface area contributed by atoms with Crippen molar-refractivity contribution in [2.24, 2.45) is 0 Å². The van der Waals surface area contributed by atoms with Crippen LogP contribution in [0.1, 0.15) is 44.7 Å². The highest BCUT2D eigenvalue weighted by atomic mass is 15.1. The van der Waals surface area contributed by atoms with Crippen molar-refractivity contribution in [1.29, 1.82) is 0 Å². The first-order valence-electron chi connectivity index (χ1n) is 7.58.